The number of carbonyl (C=O) groups is 1. The fraction of sp³-hybridized carbons (Fsp3) is 0.333. The lowest BCUT2D eigenvalue weighted by Gasteiger charge is -2.16. The van der Waals surface area contributed by atoms with E-state index in [4.69, 9.17) is 10.2 Å². The summed E-state index contributed by atoms with van der Waals surface area (Å²) in [7, 11) is 0. The molecule has 0 saturated heterocycles. The van der Waals surface area contributed by atoms with Gasteiger partial charge < -0.3 is 10.2 Å². The van der Waals surface area contributed by atoms with E-state index >= 15 is 0 Å². The molecule has 2 amide bonds. The number of allylic oxidation sites excluding steroid dienone is 1. The normalized spacial score (nSPS) is 20.7. The molecule has 1 saturated carbocycles. The van der Waals surface area contributed by atoms with Gasteiger partial charge in [-0.15, -0.1) is 0 Å². The van der Waals surface area contributed by atoms with Crippen LogP contribution in [0.1, 0.15) is 31.4 Å². The SMILES string of the molecule is NC(=O)N/N=C1\CCCC\C1=C\c1ccco1. The van der Waals surface area contributed by atoms with Crippen molar-refractivity contribution < 1.29 is 9.21 Å². The fourth-order valence-electron chi connectivity index (χ4n) is 1.86. The van der Waals surface area contributed by atoms with E-state index in [0.29, 0.717) is 0 Å². The zero-order valence-corrected chi connectivity index (χ0v) is 9.48. The summed E-state index contributed by atoms with van der Waals surface area (Å²) in [5.74, 6) is 0.800. The number of carbonyl (C=O) groups excluding carboxylic acids is 1. The lowest BCUT2D eigenvalue weighted by Crippen LogP contribution is -2.26. The van der Waals surface area contributed by atoms with Crippen molar-refractivity contribution in [3.8, 4) is 0 Å². The Bertz CT molecular complexity index is 446. The summed E-state index contributed by atoms with van der Waals surface area (Å²) in [5, 5.41) is 4.03. The summed E-state index contributed by atoms with van der Waals surface area (Å²) in [6, 6.07) is 3.09. The third kappa shape index (κ3) is 3.21. The van der Waals surface area contributed by atoms with Crippen LogP contribution < -0.4 is 11.2 Å². The molecular weight excluding hydrogens is 218 g/mol. The summed E-state index contributed by atoms with van der Waals surface area (Å²) in [5.41, 5.74) is 9.25. The third-order valence-electron chi connectivity index (χ3n) is 2.64. The smallest absolute Gasteiger partial charge is 0.332 e. The quantitative estimate of drug-likeness (QED) is 0.768. The number of nitrogens with one attached hydrogen (secondary N) is 1. The van der Waals surface area contributed by atoms with Crippen molar-refractivity contribution in [3.63, 3.8) is 0 Å². The first kappa shape index (κ1) is 11.4. The maximum absolute atomic E-state index is 10.6. The number of amides is 2. The summed E-state index contributed by atoms with van der Waals surface area (Å²) in [4.78, 5) is 10.6. The Labute approximate surface area is 99.4 Å². The highest BCUT2D eigenvalue weighted by molar-refractivity contribution is 6.04. The standard InChI is InChI=1S/C12H15N3O2/c13-12(16)15-14-11-6-2-1-4-9(11)8-10-5-3-7-17-10/h3,5,7-8H,1-2,4,6H2,(H3,13,15,16)/b9-8-,14-11+. The number of primary amides is 1. The average molecular weight is 233 g/mol. The van der Waals surface area contributed by atoms with Crippen LogP contribution in [0, 0.1) is 0 Å². The molecule has 1 fully saturated rings. The van der Waals surface area contributed by atoms with Gasteiger partial charge in [0.15, 0.2) is 0 Å². The maximum atomic E-state index is 10.6. The van der Waals surface area contributed by atoms with Gasteiger partial charge in [-0.05, 0) is 49.5 Å². The van der Waals surface area contributed by atoms with E-state index in [1.54, 1.807) is 6.26 Å². The van der Waals surface area contributed by atoms with Gasteiger partial charge in [0, 0.05) is 0 Å². The molecule has 0 radical (unpaired) electrons. The average Bonchev–Trinajstić information content (AvgIpc) is 2.80. The van der Waals surface area contributed by atoms with Crippen molar-refractivity contribution in [2.45, 2.75) is 25.7 Å². The first-order chi connectivity index (χ1) is 8.25. The van der Waals surface area contributed by atoms with Crippen molar-refractivity contribution in [3.05, 3.63) is 29.7 Å². The molecule has 0 atom stereocenters. The molecule has 2 rings (SSSR count). The second-order valence-corrected chi connectivity index (χ2v) is 3.93. The monoisotopic (exact) mass is 233 g/mol. The van der Waals surface area contributed by atoms with Gasteiger partial charge in [0.1, 0.15) is 5.76 Å². The van der Waals surface area contributed by atoms with E-state index in [1.807, 2.05) is 18.2 Å². The van der Waals surface area contributed by atoms with Gasteiger partial charge in [0.2, 0.25) is 0 Å². The topological polar surface area (TPSA) is 80.6 Å². The van der Waals surface area contributed by atoms with E-state index in [2.05, 4.69) is 10.5 Å². The Kier molecular flexibility index (Phi) is 3.59. The van der Waals surface area contributed by atoms with E-state index in [9.17, 15) is 4.79 Å². The molecule has 0 bridgehead atoms. The minimum Gasteiger partial charge on any atom is -0.465 e. The molecule has 3 N–H and O–H groups in total. The van der Waals surface area contributed by atoms with Crippen LogP contribution in [-0.2, 0) is 0 Å². The Morgan fingerprint density at radius 3 is 3.00 bits per heavy atom. The second-order valence-electron chi connectivity index (χ2n) is 3.93. The minimum absolute atomic E-state index is 0.638. The maximum Gasteiger partial charge on any atom is 0.332 e. The molecule has 5 nitrogen and oxygen atoms in total. The van der Waals surface area contributed by atoms with Crippen LogP contribution in [-0.4, -0.2) is 11.7 Å². The van der Waals surface area contributed by atoms with Gasteiger partial charge in [-0.2, -0.15) is 5.10 Å². The number of rotatable bonds is 2. The summed E-state index contributed by atoms with van der Waals surface area (Å²) in [6.45, 7) is 0. The number of furan rings is 1. The van der Waals surface area contributed by atoms with Gasteiger partial charge in [-0.1, -0.05) is 0 Å². The number of nitrogens with two attached hydrogens (primary N) is 1. The highest BCUT2D eigenvalue weighted by Gasteiger charge is 2.14. The minimum atomic E-state index is -0.638. The van der Waals surface area contributed by atoms with Crippen LogP contribution in [0.5, 0.6) is 0 Å². The predicted molar refractivity (Wildman–Crippen MR) is 65.3 cm³/mol. The Hall–Kier alpha value is -2.04. The molecule has 1 aliphatic rings. The van der Waals surface area contributed by atoms with E-state index < -0.39 is 6.03 Å². The molecule has 0 aromatic carbocycles. The largest absolute Gasteiger partial charge is 0.465 e. The molecule has 1 aromatic heterocycles. The summed E-state index contributed by atoms with van der Waals surface area (Å²) in [6.07, 6.45) is 7.60. The van der Waals surface area contributed by atoms with Gasteiger partial charge >= 0.3 is 6.03 Å². The van der Waals surface area contributed by atoms with Crippen molar-refractivity contribution in [1.29, 1.82) is 0 Å². The van der Waals surface area contributed by atoms with Crippen LogP contribution in [0.2, 0.25) is 0 Å². The molecule has 1 aliphatic carbocycles. The van der Waals surface area contributed by atoms with E-state index in [-0.39, 0.29) is 0 Å². The fourth-order valence-corrected chi connectivity index (χ4v) is 1.86. The summed E-state index contributed by atoms with van der Waals surface area (Å²) >= 11 is 0. The van der Waals surface area contributed by atoms with Crippen molar-refractivity contribution in [2.75, 3.05) is 0 Å². The lowest BCUT2D eigenvalue weighted by atomic mass is 9.92. The highest BCUT2D eigenvalue weighted by atomic mass is 16.3. The van der Waals surface area contributed by atoms with Crippen LogP contribution in [0.4, 0.5) is 4.79 Å². The zero-order valence-electron chi connectivity index (χ0n) is 9.48. The van der Waals surface area contributed by atoms with Crippen LogP contribution in [0.25, 0.3) is 6.08 Å². The van der Waals surface area contributed by atoms with Crippen molar-refractivity contribution >= 4 is 17.8 Å². The number of urea groups is 1. The molecule has 0 aliphatic heterocycles. The molecule has 0 spiro atoms. The molecule has 1 heterocycles. The first-order valence-corrected chi connectivity index (χ1v) is 5.62. The van der Waals surface area contributed by atoms with Gasteiger partial charge in [-0.25, -0.2) is 10.2 Å². The number of nitrogens with zero attached hydrogens (tertiary/aromatic N) is 1. The van der Waals surface area contributed by atoms with Gasteiger partial charge in [0.25, 0.3) is 0 Å². The third-order valence-corrected chi connectivity index (χ3v) is 2.64. The Morgan fingerprint density at radius 2 is 2.29 bits per heavy atom. The predicted octanol–water partition coefficient (Wildman–Crippen LogP) is 2.26. The first-order valence-electron chi connectivity index (χ1n) is 5.62. The number of hydrogen-bond acceptors (Lipinski definition) is 3. The van der Waals surface area contributed by atoms with Gasteiger partial charge in [0.05, 0.1) is 12.0 Å². The Morgan fingerprint density at radius 1 is 1.47 bits per heavy atom. The van der Waals surface area contributed by atoms with Crippen molar-refractivity contribution in [2.24, 2.45) is 10.8 Å². The molecule has 90 valence electrons. The van der Waals surface area contributed by atoms with Crippen LogP contribution in [0.3, 0.4) is 0 Å². The molecular formula is C12H15N3O2. The van der Waals surface area contributed by atoms with E-state index in [0.717, 1.165) is 42.7 Å². The van der Waals surface area contributed by atoms with Crippen LogP contribution >= 0.6 is 0 Å². The van der Waals surface area contributed by atoms with E-state index in [1.165, 1.54) is 0 Å². The number of hydrogen-bond donors (Lipinski definition) is 2. The summed E-state index contributed by atoms with van der Waals surface area (Å²) < 4.78 is 5.27. The second kappa shape index (κ2) is 5.34. The molecule has 5 heteroatoms. The van der Waals surface area contributed by atoms with Crippen molar-refractivity contribution in [1.82, 2.24) is 5.43 Å². The molecule has 17 heavy (non-hydrogen) atoms. The lowest BCUT2D eigenvalue weighted by molar-refractivity contribution is 0.249. The molecule has 1 aromatic rings. The molecule has 0 unspecified atom stereocenters. The van der Waals surface area contributed by atoms with Crippen LogP contribution in [0.15, 0.2) is 33.5 Å². The zero-order chi connectivity index (χ0) is 12.1. The van der Waals surface area contributed by atoms with Gasteiger partial charge in [-0.3, -0.25) is 0 Å². The Balaban J connectivity index is 2.17. The highest BCUT2D eigenvalue weighted by Crippen LogP contribution is 2.23. The number of hydrazone groups is 1.